The Morgan fingerprint density at radius 2 is 1.89 bits per heavy atom. The predicted molar refractivity (Wildman–Crippen MR) is 145 cm³/mol. The van der Waals surface area contributed by atoms with Crippen molar-refractivity contribution in [2.24, 2.45) is 29.1 Å². The van der Waals surface area contributed by atoms with Crippen LogP contribution in [-0.4, -0.2) is 65.5 Å². The van der Waals surface area contributed by atoms with Gasteiger partial charge >= 0.3 is 5.97 Å². The third-order valence-electron chi connectivity index (χ3n) is 9.22. The number of nitrogens with zero attached hydrogens (tertiary/aromatic N) is 3. The van der Waals surface area contributed by atoms with Crippen molar-refractivity contribution in [2.45, 2.75) is 40.2 Å². The summed E-state index contributed by atoms with van der Waals surface area (Å²) in [5.41, 5.74) is 1.27. The number of hydrogen-bond donors (Lipinski definition) is 0. The van der Waals surface area contributed by atoms with E-state index in [9.17, 15) is 14.0 Å². The van der Waals surface area contributed by atoms with E-state index >= 15 is 0 Å². The fraction of sp³-hybridized carbons (Fsp3) is 0.516. The maximum absolute atomic E-state index is 14.1. The number of pyridine rings is 1. The van der Waals surface area contributed by atoms with Crippen LogP contribution in [0.1, 0.15) is 39.8 Å². The Morgan fingerprint density at radius 1 is 1.13 bits per heavy atom. The van der Waals surface area contributed by atoms with E-state index in [1.54, 1.807) is 12.3 Å². The zero-order chi connectivity index (χ0) is 27.0. The molecule has 38 heavy (non-hydrogen) atoms. The number of likely N-dealkylation sites (N-methyl/N-ethyl adjacent to an activating group) is 1. The molecule has 0 radical (unpaired) electrons. The van der Waals surface area contributed by atoms with Crippen molar-refractivity contribution in [1.29, 1.82) is 0 Å². The van der Waals surface area contributed by atoms with E-state index in [1.807, 2.05) is 36.1 Å². The molecular weight excluding hydrogens is 481 g/mol. The van der Waals surface area contributed by atoms with E-state index in [1.165, 1.54) is 12.1 Å². The standard InChI is InChI=1S/C31H38FN3O3/c1-5-34-13-15-35(16-14-34)29(36)31-18-20(2)21(3)27(28(31)22(4)38-30(31)37)12-11-26-10-9-24(19-33-26)23-7-6-8-25(32)17-23/h6-12,17,19-22,27-28H,5,13-16,18H2,1-4H3/b12-11+/t20?,21?,22-,27?,28?,31-/m1/s1. The van der Waals surface area contributed by atoms with Gasteiger partial charge in [0.2, 0.25) is 5.91 Å². The number of cyclic esters (lactones) is 1. The Bertz CT molecular complexity index is 1210. The van der Waals surface area contributed by atoms with Gasteiger partial charge in [0.05, 0.1) is 5.69 Å². The lowest BCUT2D eigenvalue weighted by molar-refractivity contribution is -0.164. The second-order valence-electron chi connectivity index (χ2n) is 11.3. The number of ether oxygens (including phenoxy) is 1. The summed E-state index contributed by atoms with van der Waals surface area (Å²) in [6.45, 7) is 12.4. The number of esters is 1. The second kappa shape index (κ2) is 10.6. The molecule has 7 heteroatoms. The van der Waals surface area contributed by atoms with Crippen molar-refractivity contribution >= 4 is 18.0 Å². The van der Waals surface area contributed by atoms with E-state index in [0.29, 0.717) is 19.5 Å². The van der Waals surface area contributed by atoms with Gasteiger partial charge in [0.15, 0.2) is 5.41 Å². The summed E-state index contributed by atoms with van der Waals surface area (Å²) in [4.78, 5) is 36.4. The quantitative estimate of drug-likeness (QED) is 0.415. The minimum Gasteiger partial charge on any atom is -0.461 e. The maximum Gasteiger partial charge on any atom is 0.322 e. The van der Waals surface area contributed by atoms with Crippen LogP contribution in [0.3, 0.4) is 0 Å². The molecule has 3 fully saturated rings. The second-order valence-corrected chi connectivity index (χ2v) is 11.3. The molecule has 0 N–H and O–H groups in total. The average molecular weight is 520 g/mol. The van der Waals surface area contributed by atoms with Gasteiger partial charge in [0, 0.05) is 43.9 Å². The lowest BCUT2D eigenvalue weighted by Crippen LogP contribution is -2.59. The molecule has 3 aliphatic rings. The maximum atomic E-state index is 14.1. The number of aromatic nitrogens is 1. The number of rotatable bonds is 5. The third kappa shape index (κ3) is 4.66. The summed E-state index contributed by atoms with van der Waals surface area (Å²) in [5.74, 6) is -0.457. The van der Waals surface area contributed by atoms with Gasteiger partial charge in [0.25, 0.3) is 0 Å². The molecule has 1 saturated carbocycles. The summed E-state index contributed by atoms with van der Waals surface area (Å²) >= 11 is 0. The van der Waals surface area contributed by atoms with Gasteiger partial charge in [-0.25, -0.2) is 4.39 Å². The Labute approximate surface area is 224 Å². The number of amides is 1. The number of piperazine rings is 1. The van der Waals surface area contributed by atoms with Crippen LogP contribution in [-0.2, 0) is 14.3 Å². The van der Waals surface area contributed by atoms with Crippen molar-refractivity contribution in [1.82, 2.24) is 14.8 Å². The van der Waals surface area contributed by atoms with Crippen molar-refractivity contribution in [2.75, 3.05) is 32.7 Å². The average Bonchev–Trinajstić information content (AvgIpc) is 3.18. The molecule has 3 heterocycles. The van der Waals surface area contributed by atoms with E-state index < -0.39 is 5.41 Å². The lowest BCUT2D eigenvalue weighted by Gasteiger charge is -2.48. The van der Waals surface area contributed by atoms with Crippen LogP contribution in [0.2, 0.25) is 0 Å². The number of benzene rings is 1. The molecule has 1 aliphatic carbocycles. The van der Waals surface area contributed by atoms with Crippen LogP contribution >= 0.6 is 0 Å². The topological polar surface area (TPSA) is 62.7 Å². The number of halogens is 1. The first-order valence-electron chi connectivity index (χ1n) is 13.9. The molecule has 1 aromatic heterocycles. The first kappa shape index (κ1) is 26.5. The molecule has 2 aromatic rings. The van der Waals surface area contributed by atoms with Gasteiger partial charge in [-0.05, 0) is 67.5 Å². The minimum atomic E-state index is -1.14. The molecule has 0 bridgehead atoms. The van der Waals surface area contributed by atoms with Crippen LogP contribution in [0.5, 0.6) is 0 Å². The van der Waals surface area contributed by atoms with E-state index in [0.717, 1.165) is 36.5 Å². The highest BCUT2D eigenvalue weighted by atomic mass is 19.1. The lowest BCUT2D eigenvalue weighted by atomic mass is 9.54. The van der Waals surface area contributed by atoms with Gasteiger partial charge < -0.3 is 14.5 Å². The fourth-order valence-corrected chi connectivity index (χ4v) is 6.86. The van der Waals surface area contributed by atoms with Crippen molar-refractivity contribution in [3.05, 3.63) is 60.2 Å². The van der Waals surface area contributed by atoms with Crippen molar-refractivity contribution in [3.8, 4) is 11.1 Å². The highest BCUT2D eigenvalue weighted by molar-refractivity contribution is 6.04. The van der Waals surface area contributed by atoms with Crippen LogP contribution in [0.25, 0.3) is 17.2 Å². The fourth-order valence-electron chi connectivity index (χ4n) is 6.86. The molecule has 0 spiro atoms. The Balaban J connectivity index is 1.41. The Kier molecular flexibility index (Phi) is 7.40. The molecule has 5 rings (SSSR count). The van der Waals surface area contributed by atoms with Gasteiger partial charge in [-0.2, -0.15) is 0 Å². The molecule has 2 aliphatic heterocycles. The molecule has 202 valence electrons. The molecule has 2 saturated heterocycles. The number of allylic oxidation sites excluding steroid dienone is 1. The summed E-state index contributed by atoms with van der Waals surface area (Å²) in [7, 11) is 0. The van der Waals surface area contributed by atoms with Crippen LogP contribution in [0, 0.1) is 34.9 Å². The molecule has 1 aromatic carbocycles. The number of hydrogen-bond acceptors (Lipinski definition) is 5. The van der Waals surface area contributed by atoms with Crippen LogP contribution in [0.4, 0.5) is 4.39 Å². The SMILES string of the molecule is CCN1CCN(C(=O)[C@@]23CC(C)C(C)C(/C=C/c4ccc(-c5cccc(F)c5)cn4)C2[C@@H](C)OC3=O)CC1. The van der Waals surface area contributed by atoms with E-state index in [-0.39, 0.29) is 47.5 Å². The molecule has 6 nitrogen and oxygen atoms in total. The van der Waals surface area contributed by atoms with Crippen LogP contribution in [0.15, 0.2) is 48.7 Å². The largest absolute Gasteiger partial charge is 0.461 e. The molecular formula is C31H38FN3O3. The van der Waals surface area contributed by atoms with Gasteiger partial charge in [-0.3, -0.25) is 14.6 Å². The normalized spacial score (nSPS) is 31.9. The van der Waals surface area contributed by atoms with Crippen LogP contribution < -0.4 is 0 Å². The highest BCUT2D eigenvalue weighted by Crippen LogP contribution is 2.57. The first-order valence-corrected chi connectivity index (χ1v) is 13.9. The summed E-state index contributed by atoms with van der Waals surface area (Å²) in [6, 6.07) is 10.3. The Hall–Kier alpha value is -3.06. The first-order chi connectivity index (χ1) is 18.2. The van der Waals surface area contributed by atoms with Crippen molar-refractivity contribution in [3.63, 3.8) is 0 Å². The summed E-state index contributed by atoms with van der Waals surface area (Å²) in [6.07, 6.45) is 6.05. The number of carbonyl (C=O) groups is 2. The molecule has 6 atom stereocenters. The van der Waals surface area contributed by atoms with E-state index in [4.69, 9.17) is 4.74 Å². The minimum absolute atomic E-state index is 0.00854. The smallest absolute Gasteiger partial charge is 0.322 e. The summed E-state index contributed by atoms with van der Waals surface area (Å²) in [5, 5.41) is 0. The highest BCUT2D eigenvalue weighted by Gasteiger charge is 2.67. The monoisotopic (exact) mass is 519 g/mol. The zero-order valence-corrected chi connectivity index (χ0v) is 22.8. The third-order valence-corrected chi connectivity index (χ3v) is 9.22. The summed E-state index contributed by atoms with van der Waals surface area (Å²) < 4.78 is 19.5. The van der Waals surface area contributed by atoms with E-state index in [2.05, 4.69) is 36.7 Å². The number of carbonyl (C=O) groups excluding carboxylic acids is 2. The molecule has 1 amide bonds. The number of fused-ring (bicyclic) bond motifs is 1. The van der Waals surface area contributed by atoms with Gasteiger partial charge in [-0.1, -0.05) is 45.0 Å². The predicted octanol–water partition coefficient (Wildman–Crippen LogP) is 4.91. The Morgan fingerprint density at radius 3 is 2.55 bits per heavy atom. The zero-order valence-electron chi connectivity index (χ0n) is 22.8. The van der Waals surface area contributed by atoms with Crippen molar-refractivity contribution < 1.29 is 18.7 Å². The van der Waals surface area contributed by atoms with Gasteiger partial charge in [-0.15, -0.1) is 0 Å². The molecule has 4 unspecified atom stereocenters. The van der Waals surface area contributed by atoms with Gasteiger partial charge in [0.1, 0.15) is 11.9 Å².